The van der Waals surface area contributed by atoms with Gasteiger partial charge in [-0.15, -0.1) is 0 Å². The first kappa shape index (κ1) is 16.2. The van der Waals surface area contributed by atoms with Crippen LogP contribution in [0.4, 0.5) is 0 Å². The fourth-order valence-electron chi connectivity index (χ4n) is 2.15. The largest absolute Gasteiger partial charge is 0.360 e. The Morgan fingerprint density at radius 1 is 1.29 bits per heavy atom. The molecule has 1 aromatic heterocycles. The van der Waals surface area contributed by atoms with Crippen molar-refractivity contribution in [2.75, 3.05) is 13.6 Å². The van der Waals surface area contributed by atoms with E-state index in [4.69, 9.17) is 4.52 Å². The van der Waals surface area contributed by atoms with Crippen molar-refractivity contribution in [3.05, 3.63) is 51.8 Å². The molecule has 0 bridgehead atoms. The molecule has 4 nitrogen and oxygen atoms in total. The number of benzene rings is 1. The van der Waals surface area contributed by atoms with Crippen molar-refractivity contribution in [3.8, 4) is 0 Å². The molecule has 0 radical (unpaired) electrons. The topological polar surface area (TPSA) is 41.3 Å². The van der Waals surface area contributed by atoms with Crippen molar-refractivity contribution in [2.24, 2.45) is 0 Å². The summed E-state index contributed by atoms with van der Waals surface area (Å²) in [5, 5.41) is 7.42. The normalized spacial score (nSPS) is 11.2. The smallest absolute Gasteiger partial charge is 0.151 e. The molecular weight excluding hydrogens is 330 g/mol. The fourth-order valence-corrected chi connectivity index (χ4v) is 2.56. The monoisotopic (exact) mass is 351 g/mol. The van der Waals surface area contributed by atoms with Gasteiger partial charge in [-0.25, -0.2) is 0 Å². The Bertz CT molecular complexity index is 556. The summed E-state index contributed by atoms with van der Waals surface area (Å²) in [6.45, 7) is 5.54. The minimum atomic E-state index is 0.752. The summed E-state index contributed by atoms with van der Waals surface area (Å²) in [4.78, 5) is 2.21. The Hall–Kier alpha value is -1.17. The number of hydrogen-bond donors (Lipinski definition) is 1. The Balaban J connectivity index is 1.85. The van der Waals surface area contributed by atoms with Crippen molar-refractivity contribution >= 4 is 15.9 Å². The molecule has 0 fully saturated rings. The highest BCUT2D eigenvalue weighted by molar-refractivity contribution is 9.10. The predicted octanol–water partition coefficient (Wildman–Crippen LogP) is 3.57. The molecule has 1 heterocycles. The summed E-state index contributed by atoms with van der Waals surface area (Å²) < 4.78 is 6.53. The predicted molar refractivity (Wildman–Crippen MR) is 87.8 cm³/mol. The molecule has 0 amide bonds. The zero-order chi connectivity index (χ0) is 15.1. The van der Waals surface area contributed by atoms with Gasteiger partial charge in [-0.1, -0.05) is 46.2 Å². The maximum atomic E-state index is 5.39. The van der Waals surface area contributed by atoms with Gasteiger partial charge in [0, 0.05) is 23.6 Å². The van der Waals surface area contributed by atoms with Crippen LogP contribution in [0.25, 0.3) is 0 Å². The number of rotatable bonds is 8. The number of nitrogens with one attached hydrogen (secondary N) is 1. The van der Waals surface area contributed by atoms with Gasteiger partial charge in [-0.3, -0.25) is 4.90 Å². The van der Waals surface area contributed by atoms with E-state index in [1.54, 1.807) is 0 Å². The molecule has 0 aliphatic carbocycles. The third kappa shape index (κ3) is 5.26. The lowest BCUT2D eigenvalue weighted by atomic mass is 10.2. The Morgan fingerprint density at radius 3 is 2.86 bits per heavy atom. The molecule has 0 atom stereocenters. The van der Waals surface area contributed by atoms with Crippen LogP contribution in [-0.4, -0.2) is 23.6 Å². The summed E-state index contributed by atoms with van der Waals surface area (Å²) in [7, 11) is 2.08. The summed E-state index contributed by atoms with van der Waals surface area (Å²) in [6, 6.07) is 10.3. The van der Waals surface area contributed by atoms with Crippen molar-refractivity contribution in [2.45, 2.75) is 33.0 Å². The SMILES string of the molecule is CCCNCc1cc(CN(C)Cc2ccccc2Br)on1. The molecule has 5 heteroatoms. The van der Waals surface area contributed by atoms with E-state index in [2.05, 4.69) is 63.5 Å². The molecular formula is C16H22BrN3O. The van der Waals surface area contributed by atoms with Crippen LogP contribution in [0.15, 0.2) is 39.3 Å². The molecule has 0 saturated heterocycles. The third-order valence-electron chi connectivity index (χ3n) is 3.16. The van der Waals surface area contributed by atoms with Crippen LogP contribution in [0.5, 0.6) is 0 Å². The molecule has 114 valence electrons. The minimum absolute atomic E-state index is 0.752. The van der Waals surface area contributed by atoms with Crippen LogP contribution in [0, 0.1) is 0 Å². The van der Waals surface area contributed by atoms with Crippen LogP contribution in [0.3, 0.4) is 0 Å². The van der Waals surface area contributed by atoms with Crippen LogP contribution in [-0.2, 0) is 19.6 Å². The molecule has 0 saturated carbocycles. The van der Waals surface area contributed by atoms with Gasteiger partial charge in [0.15, 0.2) is 5.76 Å². The van der Waals surface area contributed by atoms with Gasteiger partial charge in [0.2, 0.25) is 0 Å². The van der Waals surface area contributed by atoms with E-state index in [1.165, 1.54) is 5.56 Å². The highest BCUT2D eigenvalue weighted by Crippen LogP contribution is 2.18. The fraction of sp³-hybridized carbons (Fsp3) is 0.438. The van der Waals surface area contributed by atoms with Crippen molar-refractivity contribution in [3.63, 3.8) is 0 Å². The summed E-state index contributed by atoms with van der Waals surface area (Å²) >= 11 is 3.58. The standard InChI is InChI=1S/C16H22BrN3O/c1-3-8-18-10-14-9-15(21-19-14)12-20(2)11-13-6-4-5-7-16(13)17/h4-7,9,18H,3,8,10-12H2,1-2H3. The Labute approximate surface area is 134 Å². The van der Waals surface area contributed by atoms with E-state index in [0.29, 0.717) is 0 Å². The highest BCUT2D eigenvalue weighted by atomic mass is 79.9. The van der Waals surface area contributed by atoms with E-state index in [0.717, 1.165) is 48.5 Å². The summed E-state index contributed by atoms with van der Waals surface area (Å²) in [6.07, 6.45) is 1.12. The van der Waals surface area contributed by atoms with Crippen molar-refractivity contribution in [1.82, 2.24) is 15.4 Å². The van der Waals surface area contributed by atoms with E-state index in [9.17, 15) is 0 Å². The zero-order valence-corrected chi connectivity index (χ0v) is 14.2. The van der Waals surface area contributed by atoms with E-state index in [1.807, 2.05) is 12.1 Å². The minimum Gasteiger partial charge on any atom is -0.360 e. The molecule has 0 aliphatic heterocycles. The Kier molecular flexibility index (Phi) is 6.42. The zero-order valence-electron chi connectivity index (χ0n) is 12.6. The maximum Gasteiger partial charge on any atom is 0.151 e. The molecule has 1 aromatic carbocycles. The van der Waals surface area contributed by atoms with Crippen LogP contribution >= 0.6 is 15.9 Å². The molecule has 21 heavy (non-hydrogen) atoms. The van der Waals surface area contributed by atoms with Crippen LogP contribution < -0.4 is 5.32 Å². The molecule has 2 aromatic rings. The lowest BCUT2D eigenvalue weighted by molar-refractivity contribution is 0.265. The summed E-state index contributed by atoms with van der Waals surface area (Å²) in [5.74, 6) is 0.901. The van der Waals surface area contributed by atoms with E-state index >= 15 is 0 Å². The van der Waals surface area contributed by atoms with Gasteiger partial charge in [0.1, 0.15) is 0 Å². The molecule has 1 N–H and O–H groups in total. The van der Waals surface area contributed by atoms with Crippen molar-refractivity contribution in [1.29, 1.82) is 0 Å². The lowest BCUT2D eigenvalue weighted by Crippen LogP contribution is -2.17. The highest BCUT2D eigenvalue weighted by Gasteiger charge is 2.09. The average Bonchev–Trinajstić information content (AvgIpc) is 2.89. The molecule has 0 unspecified atom stereocenters. The van der Waals surface area contributed by atoms with Gasteiger partial charge in [-0.05, 0) is 31.6 Å². The van der Waals surface area contributed by atoms with Gasteiger partial charge in [0.05, 0.1) is 12.2 Å². The number of aromatic nitrogens is 1. The number of halogens is 1. The molecule has 2 rings (SSSR count). The van der Waals surface area contributed by atoms with Crippen LogP contribution in [0.2, 0.25) is 0 Å². The number of nitrogens with zero attached hydrogens (tertiary/aromatic N) is 2. The Morgan fingerprint density at radius 2 is 2.10 bits per heavy atom. The van der Waals surface area contributed by atoms with Gasteiger partial charge >= 0.3 is 0 Å². The quantitative estimate of drug-likeness (QED) is 0.738. The number of hydrogen-bond acceptors (Lipinski definition) is 4. The second kappa shape index (κ2) is 8.32. The van der Waals surface area contributed by atoms with E-state index < -0.39 is 0 Å². The van der Waals surface area contributed by atoms with Gasteiger partial charge in [-0.2, -0.15) is 0 Å². The lowest BCUT2D eigenvalue weighted by Gasteiger charge is -2.15. The summed E-state index contributed by atoms with van der Waals surface area (Å²) in [5.41, 5.74) is 2.23. The third-order valence-corrected chi connectivity index (χ3v) is 3.94. The maximum absolute atomic E-state index is 5.39. The second-order valence-electron chi connectivity index (χ2n) is 5.23. The van der Waals surface area contributed by atoms with Crippen LogP contribution in [0.1, 0.15) is 30.4 Å². The van der Waals surface area contributed by atoms with E-state index in [-0.39, 0.29) is 0 Å². The molecule has 0 spiro atoms. The second-order valence-corrected chi connectivity index (χ2v) is 6.08. The van der Waals surface area contributed by atoms with Crippen molar-refractivity contribution < 1.29 is 4.52 Å². The first-order valence-electron chi connectivity index (χ1n) is 7.26. The average molecular weight is 352 g/mol. The molecule has 0 aliphatic rings. The first-order chi connectivity index (χ1) is 10.2. The van der Waals surface area contributed by atoms with Gasteiger partial charge < -0.3 is 9.84 Å². The van der Waals surface area contributed by atoms with Gasteiger partial charge in [0.25, 0.3) is 0 Å². The first-order valence-corrected chi connectivity index (χ1v) is 8.05.